The van der Waals surface area contributed by atoms with E-state index in [-0.39, 0.29) is 6.61 Å². The normalized spacial score (nSPS) is 10.4. The van der Waals surface area contributed by atoms with Crippen molar-refractivity contribution >= 4 is 34.7 Å². The molecule has 0 atom stereocenters. The molecule has 0 aliphatic heterocycles. The molecular weight excluding hydrogens is 392 g/mol. The number of thiol groups is 1. The molecule has 24 heavy (non-hydrogen) atoms. The van der Waals surface area contributed by atoms with Crippen molar-refractivity contribution in [2.45, 2.75) is 26.2 Å². The topological polar surface area (TPSA) is 44.8 Å². The number of hydrogen-bond acceptors (Lipinski definition) is 5. The molecule has 4 nitrogen and oxygen atoms in total. The highest BCUT2D eigenvalue weighted by atomic mass is 79.9. The molecule has 2 rings (SSSR count). The third-order valence-electron chi connectivity index (χ3n) is 3.68. The third kappa shape index (κ3) is 4.45. The summed E-state index contributed by atoms with van der Waals surface area (Å²) >= 11 is 7.85. The quantitative estimate of drug-likeness (QED) is 0.416. The molecule has 0 fully saturated rings. The number of rotatable bonds is 5. The van der Waals surface area contributed by atoms with Gasteiger partial charge in [0.1, 0.15) is 18.1 Å². The van der Waals surface area contributed by atoms with Gasteiger partial charge in [-0.15, -0.1) is 0 Å². The molecule has 0 amide bonds. The molecule has 0 saturated carbocycles. The lowest BCUT2D eigenvalue weighted by molar-refractivity contribution is 0.120. The summed E-state index contributed by atoms with van der Waals surface area (Å²) in [5.74, 6) is 1.65. The molecular formula is C18H19BrO4S. The summed E-state index contributed by atoms with van der Waals surface area (Å²) in [6, 6.07) is 9.42. The zero-order valence-corrected chi connectivity index (χ0v) is 16.2. The zero-order valence-electron chi connectivity index (χ0n) is 13.8. The van der Waals surface area contributed by atoms with Gasteiger partial charge < -0.3 is 14.2 Å². The van der Waals surface area contributed by atoms with Gasteiger partial charge >= 0.3 is 6.16 Å². The highest BCUT2D eigenvalue weighted by Gasteiger charge is 2.14. The Morgan fingerprint density at radius 3 is 2.54 bits per heavy atom. The van der Waals surface area contributed by atoms with Gasteiger partial charge in [-0.05, 0) is 64.7 Å². The summed E-state index contributed by atoms with van der Waals surface area (Å²) in [5.41, 5.74) is 4.02. The van der Waals surface area contributed by atoms with Crippen molar-refractivity contribution in [3.8, 4) is 11.5 Å². The lowest BCUT2D eigenvalue weighted by Crippen LogP contribution is -2.11. The number of carbonyl (C=O) groups excluding carboxylic acids is 1. The van der Waals surface area contributed by atoms with Crippen molar-refractivity contribution < 1.29 is 19.0 Å². The molecule has 0 radical (unpaired) electrons. The maximum Gasteiger partial charge on any atom is 0.513 e. The largest absolute Gasteiger partial charge is 0.513 e. The Hall–Kier alpha value is -1.66. The summed E-state index contributed by atoms with van der Waals surface area (Å²) in [7, 11) is 1.27. The zero-order chi connectivity index (χ0) is 17.7. The van der Waals surface area contributed by atoms with E-state index in [9.17, 15) is 4.79 Å². The standard InChI is InChI=1S/C18H19BrO4S/c1-11-7-15(19)17(8-12(11)2)22-9-14-13(10-24)5-4-6-16(14)23-18(20)21-3/h4-8,24H,9-10H2,1-3H3. The number of halogens is 1. The van der Waals surface area contributed by atoms with E-state index in [2.05, 4.69) is 33.3 Å². The smallest absolute Gasteiger partial charge is 0.488 e. The van der Waals surface area contributed by atoms with Crippen molar-refractivity contribution in [2.24, 2.45) is 0 Å². The fourth-order valence-corrected chi connectivity index (χ4v) is 3.03. The Kier molecular flexibility index (Phi) is 6.57. The second-order valence-electron chi connectivity index (χ2n) is 5.26. The van der Waals surface area contributed by atoms with E-state index in [1.54, 1.807) is 12.1 Å². The van der Waals surface area contributed by atoms with Crippen LogP contribution in [0.15, 0.2) is 34.8 Å². The second-order valence-corrected chi connectivity index (χ2v) is 6.43. The van der Waals surface area contributed by atoms with Gasteiger partial charge in [0.15, 0.2) is 0 Å². The number of ether oxygens (including phenoxy) is 3. The van der Waals surface area contributed by atoms with Crippen molar-refractivity contribution in [1.29, 1.82) is 0 Å². The van der Waals surface area contributed by atoms with Gasteiger partial charge in [0.25, 0.3) is 0 Å². The first kappa shape index (κ1) is 18.7. The Morgan fingerprint density at radius 1 is 1.17 bits per heavy atom. The second kappa shape index (κ2) is 8.44. The van der Waals surface area contributed by atoms with Crippen molar-refractivity contribution in [1.82, 2.24) is 0 Å². The van der Waals surface area contributed by atoms with Gasteiger partial charge in [-0.2, -0.15) is 12.6 Å². The Balaban J connectivity index is 2.28. The van der Waals surface area contributed by atoms with Crippen LogP contribution in [-0.2, 0) is 17.1 Å². The first-order chi connectivity index (χ1) is 11.5. The van der Waals surface area contributed by atoms with Gasteiger partial charge in [-0.25, -0.2) is 4.79 Å². The minimum atomic E-state index is -0.764. The van der Waals surface area contributed by atoms with Crippen LogP contribution in [0.1, 0.15) is 22.3 Å². The molecule has 2 aromatic carbocycles. The molecule has 0 saturated heterocycles. The van der Waals surface area contributed by atoms with E-state index in [0.717, 1.165) is 26.9 Å². The van der Waals surface area contributed by atoms with Crippen LogP contribution in [-0.4, -0.2) is 13.3 Å². The molecule has 0 heterocycles. The molecule has 0 bridgehead atoms. The number of carbonyl (C=O) groups is 1. The fourth-order valence-electron chi connectivity index (χ4n) is 2.17. The molecule has 0 unspecified atom stereocenters. The Morgan fingerprint density at radius 2 is 1.88 bits per heavy atom. The van der Waals surface area contributed by atoms with E-state index >= 15 is 0 Å². The number of benzene rings is 2. The van der Waals surface area contributed by atoms with E-state index in [1.807, 2.05) is 32.0 Å². The highest BCUT2D eigenvalue weighted by Crippen LogP contribution is 2.31. The molecule has 0 N–H and O–H groups in total. The number of methoxy groups -OCH3 is 1. The lowest BCUT2D eigenvalue weighted by Gasteiger charge is -2.15. The SMILES string of the molecule is COC(=O)Oc1cccc(CS)c1COc1cc(C)c(C)cc1Br. The molecule has 0 spiro atoms. The van der Waals surface area contributed by atoms with Crippen LogP contribution in [0.25, 0.3) is 0 Å². The fraction of sp³-hybridized carbons (Fsp3) is 0.278. The Labute approximate surface area is 155 Å². The predicted molar refractivity (Wildman–Crippen MR) is 100 cm³/mol. The van der Waals surface area contributed by atoms with Gasteiger partial charge in [-0.3, -0.25) is 0 Å². The molecule has 128 valence electrons. The molecule has 6 heteroatoms. The summed E-state index contributed by atoms with van der Waals surface area (Å²) in [6.07, 6.45) is -0.764. The van der Waals surface area contributed by atoms with Crippen molar-refractivity contribution in [3.63, 3.8) is 0 Å². The average Bonchev–Trinajstić information content (AvgIpc) is 2.57. The highest BCUT2D eigenvalue weighted by molar-refractivity contribution is 9.10. The average molecular weight is 411 g/mol. The van der Waals surface area contributed by atoms with Gasteiger partial charge in [-0.1, -0.05) is 12.1 Å². The van der Waals surface area contributed by atoms with Crippen LogP contribution in [0.2, 0.25) is 0 Å². The molecule has 0 aliphatic carbocycles. The summed E-state index contributed by atoms with van der Waals surface area (Å²) < 4.78 is 16.6. The summed E-state index contributed by atoms with van der Waals surface area (Å²) in [5, 5.41) is 0. The van der Waals surface area contributed by atoms with E-state index in [0.29, 0.717) is 11.5 Å². The van der Waals surface area contributed by atoms with Crippen LogP contribution < -0.4 is 9.47 Å². The van der Waals surface area contributed by atoms with E-state index < -0.39 is 6.16 Å². The number of hydrogen-bond donors (Lipinski definition) is 1. The minimum absolute atomic E-state index is 0.254. The van der Waals surface area contributed by atoms with Gasteiger partial charge in [0.2, 0.25) is 0 Å². The van der Waals surface area contributed by atoms with E-state index in [1.165, 1.54) is 12.7 Å². The van der Waals surface area contributed by atoms with Crippen LogP contribution >= 0.6 is 28.6 Å². The predicted octanol–water partition coefficient (Wildman–Crippen LogP) is 5.22. The lowest BCUT2D eigenvalue weighted by atomic mass is 10.1. The summed E-state index contributed by atoms with van der Waals surface area (Å²) in [4.78, 5) is 11.4. The van der Waals surface area contributed by atoms with Crippen LogP contribution in [0.4, 0.5) is 4.79 Å². The van der Waals surface area contributed by atoms with Gasteiger partial charge in [0, 0.05) is 11.3 Å². The molecule has 0 aromatic heterocycles. The summed E-state index contributed by atoms with van der Waals surface area (Å²) in [6.45, 7) is 4.33. The maximum absolute atomic E-state index is 11.4. The van der Waals surface area contributed by atoms with Crippen LogP contribution in [0, 0.1) is 13.8 Å². The molecule has 0 aliphatic rings. The monoisotopic (exact) mass is 410 g/mol. The Bertz CT molecular complexity index is 746. The van der Waals surface area contributed by atoms with Crippen LogP contribution in [0.5, 0.6) is 11.5 Å². The van der Waals surface area contributed by atoms with Crippen LogP contribution in [0.3, 0.4) is 0 Å². The maximum atomic E-state index is 11.4. The third-order valence-corrected chi connectivity index (χ3v) is 4.64. The first-order valence-electron chi connectivity index (χ1n) is 7.33. The molecule has 2 aromatic rings. The van der Waals surface area contributed by atoms with E-state index in [4.69, 9.17) is 9.47 Å². The van der Waals surface area contributed by atoms with Crippen molar-refractivity contribution in [2.75, 3.05) is 7.11 Å². The number of aryl methyl sites for hydroxylation is 2. The van der Waals surface area contributed by atoms with Crippen molar-refractivity contribution in [3.05, 3.63) is 57.1 Å². The van der Waals surface area contributed by atoms with Gasteiger partial charge in [0.05, 0.1) is 11.6 Å². The first-order valence-corrected chi connectivity index (χ1v) is 8.75. The minimum Gasteiger partial charge on any atom is -0.488 e.